The molecule has 2 heterocycles. The zero-order valence-corrected chi connectivity index (χ0v) is 15.0. The molecule has 0 unspecified atom stereocenters. The van der Waals surface area contributed by atoms with Gasteiger partial charge in [-0.15, -0.1) is 0 Å². The van der Waals surface area contributed by atoms with Crippen LogP contribution >= 0.6 is 11.8 Å². The van der Waals surface area contributed by atoms with Crippen molar-refractivity contribution in [2.75, 3.05) is 13.7 Å². The van der Waals surface area contributed by atoms with Crippen LogP contribution in [0.2, 0.25) is 0 Å². The van der Waals surface area contributed by atoms with E-state index in [-0.39, 0.29) is 24.8 Å². The van der Waals surface area contributed by atoms with E-state index in [0.29, 0.717) is 0 Å². The summed E-state index contributed by atoms with van der Waals surface area (Å²) in [6.07, 6.45) is -3.91. The van der Waals surface area contributed by atoms with Crippen molar-refractivity contribution in [1.82, 2.24) is 4.90 Å². The number of rotatable bonds is 5. The number of nitrogens with zero attached hydrogens (tertiary/aromatic N) is 2. The Kier molecular flexibility index (Phi) is 6.13. The van der Waals surface area contributed by atoms with Gasteiger partial charge in [-0.3, -0.25) is 9.89 Å². The number of amides is 1. The quantitative estimate of drug-likeness (QED) is 0.808. The molecule has 1 fully saturated rings. The van der Waals surface area contributed by atoms with Crippen molar-refractivity contribution in [1.29, 1.82) is 0 Å². The molecule has 7 nitrogen and oxygen atoms in total. The van der Waals surface area contributed by atoms with Crippen LogP contribution in [0.25, 0.3) is 0 Å². The molecule has 0 radical (unpaired) electrons. The van der Waals surface area contributed by atoms with Gasteiger partial charge >= 0.3 is 6.09 Å². The summed E-state index contributed by atoms with van der Waals surface area (Å²) in [4.78, 5) is 16.2. The first-order chi connectivity index (χ1) is 12.5. The fourth-order valence-corrected chi connectivity index (χ4v) is 4.12. The molecule has 2 aliphatic rings. The second-order valence-corrected chi connectivity index (χ2v) is 7.19. The van der Waals surface area contributed by atoms with Crippen LogP contribution in [0, 0.1) is 0 Å². The van der Waals surface area contributed by atoms with Gasteiger partial charge in [0.15, 0.2) is 11.3 Å². The van der Waals surface area contributed by atoms with E-state index in [1.807, 2.05) is 30.3 Å². The average molecular weight is 384 g/mol. The lowest BCUT2D eigenvalue weighted by atomic mass is 9.97. The summed E-state index contributed by atoms with van der Waals surface area (Å²) in [5.74, 6) is 0. The van der Waals surface area contributed by atoms with Crippen LogP contribution < -0.4 is 0 Å². The maximum absolute atomic E-state index is 15.1. The number of carbonyl (C=O) groups is 1. The molecule has 1 amide bonds. The highest BCUT2D eigenvalue weighted by atomic mass is 32.2. The number of benzene rings is 1. The third-order valence-corrected chi connectivity index (χ3v) is 5.56. The molecule has 0 aliphatic carbocycles. The highest BCUT2D eigenvalue weighted by molar-refractivity contribution is 8.14. The van der Waals surface area contributed by atoms with Crippen LogP contribution in [0.5, 0.6) is 0 Å². The van der Waals surface area contributed by atoms with Crippen LogP contribution in [0.4, 0.5) is 9.18 Å². The minimum Gasteiger partial charge on any atom is -0.465 e. The Labute approximate surface area is 154 Å². The summed E-state index contributed by atoms with van der Waals surface area (Å²) >= 11 is 1.08. The zero-order valence-electron chi connectivity index (χ0n) is 14.2. The van der Waals surface area contributed by atoms with Crippen LogP contribution in [0.15, 0.2) is 35.3 Å². The van der Waals surface area contributed by atoms with E-state index in [1.165, 1.54) is 7.05 Å². The van der Waals surface area contributed by atoms with E-state index < -0.39 is 36.0 Å². The Balaban J connectivity index is 1.73. The normalized spacial score (nSPS) is 30.6. The molecule has 5 atom stereocenters. The fraction of sp³-hybridized carbons (Fsp3) is 0.529. The first-order valence-corrected chi connectivity index (χ1v) is 9.16. The number of ether oxygens (including phenoxy) is 2. The van der Waals surface area contributed by atoms with Crippen molar-refractivity contribution >= 4 is 23.0 Å². The van der Waals surface area contributed by atoms with E-state index in [1.54, 1.807) is 0 Å². The Bertz CT molecular complexity index is 662. The standard InChI is InChI=1S/C17H21FN2O5S/c1-20(17(22)23)16-19-13-12(18)14(11(7-8-21)25-15(13)26-16)24-9-10-5-3-2-4-6-10/h2-6,11-15,21H,7-9H2,1H3,(H,22,23)/t11-,12-,13-,14+,15-/m1/s1. The van der Waals surface area contributed by atoms with Gasteiger partial charge in [-0.1, -0.05) is 42.1 Å². The van der Waals surface area contributed by atoms with E-state index in [4.69, 9.17) is 14.6 Å². The van der Waals surface area contributed by atoms with Crippen LogP contribution in [0.1, 0.15) is 12.0 Å². The molecule has 0 saturated carbocycles. The molecule has 142 valence electrons. The Morgan fingerprint density at radius 3 is 2.81 bits per heavy atom. The molecule has 0 aromatic heterocycles. The monoisotopic (exact) mass is 384 g/mol. The second-order valence-electron chi connectivity index (χ2n) is 6.12. The van der Waals surface area contributed by atoms with E-state index >= 15 is 4.39 Å². The molecule has 0 spiro atoms. The highest BCUT2D eigenvalue weighted by Gasteiger charge is 2.51. The van der Waals surface area contributed by atoms with Crippen molar-refractivity contribution < 1.29 is 28.9 Å². The lowest BCUT2D eigenvalue weighted by Crippen LogP contribution is -2.54. The van der Waals surface area contributed by atoms with Gasteiger partial charge in [-0.05, 0) is 12.0 Å². The van der Waals surface area contributed by atoms with Gasteiger partial charge < -0.3 is 19.7 Å². The number of amidine groups is 1. The number of halogens is 1. The summed E-state index contributed by atoms with van der Waals surface area (Å²) in [5.41, 5.74) is 0.273. The molecule has 1 saturated heterocycles. The lowest BCUT2D eigenvalue weighted by Gasteiger charge is -2.39. The number of carboxylic acid groups (broad SMARTS) is 1. The summed E-state index contributed by atoms with van der Waals surface area (Å²) in [5, 5.41) is 18.6. The van der Waals surface area contributed by atoms with Crippen LogP contribution in [0.3, 0.4) is 0 Å². The number of thioether (sulfide) groups is 1. The third kappa shape index (κ3) is 4.01. The van der Waals surface area contributed by atoms with Gasteiger partial charge in [0.1, 0.15) is 17.6 Å². The number of hydrogen-bond acceptors (Lipinski definition) is 6. The molecular formula is C17H21FN2O5S. The molecule has 1 aromatic rings. The minimum atomic E-state index is -1.46. The lowest BCUT2D eigenvalue weighted by molar-refractivity contribution is -0.164. The zero-order chi connectivity index (χ0) is 18.7. The molecule has 3 rings (SSSR count). The van der Waals surface area contributed by atoms with Crippen molar-refractivity contribution in [2.24, 2.45) is 4.99 Å². The summed E-state index contributed by atoms with van der Waals surface area (Å²) < 4.78 is 26.8. The Hall–Kier alpha value is -1.68. The first kappa shape index (κ1) is 19.1. The van der Waals surface area contributed by atoms with E-state index in [2.05, 4.69) is 4.99 Å². The van der Waals surface area contributed by atoms with Crippen LogP contribution in [-0.2, 0) is 16.1 Å². The van der Waals surface area contributed by atoms with Gasteiger partial charge in [0.05, 0.1) is 12.7 Å². The van der Waals surface area contributed by atoms with Gasteiger partial charge in [0.2, 0.25) is 0 Å². The number of fused-ring (bicyclic) bond motifs is 1. The maximum Gasteiger partial charge on any atom is 0.413 e. The van der Waals surface area contributed by atoms with Gasteiger partial charge in [0.25, 0.3) is 0 Å². The van der Waals surface area contributed by atoms with Gasteiger partial charge in [-0.25, -0.2) is 9.18 Å². The van der Waals surface area contributed by atoms with E-state index in [9.17, 15) is 9.90 Å². The number of aliphatic hydroxyl groups excluding tert-OH is 1. The third-order valence-electron chi connectivity index (χ3n) is 4.35. The maximum atomic E-state index is 15.1. The molecule has 1 aromatic carbocycles. The smallest absolute Gasteiger partial charge is 0.413 e. The molecule has 0 bridgehead atoms. The molecule has 2 aliphatic heterocycles. The van der Waals surface area contributed by atoms with Crippen LogP contribution in [-0.4, -0.2) is 69.9 Å². The SMILES string of the molecule is CN(C(=O)O)C1=N[C@@H]2[C@@H](F)[C@@H](OCc3ccccc3)[C@@H](CCO)O[C@@H]2S1. The molecule has 2 N–H and O–H groups in total. The van der Waals surface area contributed by atoms with Crippen molar-refractivity contribution in [3.8, 4) is 0 Å². The molecule has 9 heteroatoms. The molecule has 26 heavy (non-hydrogen) atoms. The minimum absolute atomic E-state index is 0.159. The summed E-state index contributed by atoms with van der Waals surface area (Å²) in [7, 11) is 1.35. The highest BCUT2D eigenvalue weighted by Crippen LogP contribution is 2.40. The van der Waals surface area contributed by atoms with Crippen molar-refractivity contribution in [2.45, 2.75) is 42.9 Å². The summed E-state index contributed by atoms with van der Waals surface area (Å²) in [6.45, 7) is 0.0563. The number of alkyl halides is 1. The van der Waals surface area contributed by atoms with Crippen molar-refractivity contribution in [3.05, 3.63) is 35.9 Å². The molecular weight excluding hydrogens is 363 g/mol. The van der Waals surface area contributed by atoms with E-state index in [0.717, 1.165) is 22.2 Å². The Morgan fingerprint density at radius 1 is 1.42 bits per heavy atom. The summed E-state index contributed by atoms with van der Waals surface area (Å²) in [6, 6.07) is 8.54. The fourth-order valence-electron chi connectivity index (χ4n) is 2.94. The first-order valence-electron chi connectivity index (χ1n) is 8.28. The second kappa shape index (κ2) is 8.34. The van der Waals surface area contributed by atoms with Gasteiger partial charge in [0, 0.05) is 13.7 Å². The van der Waals surface area contributed by atoms with Gasteiger partial charge in [-0.2, -0.15) is 0 Å². The largest absolute Gasteiger partial charge is 0.465 e. The number of aliphatic hydroxyl groups is 1. The predicted molar refractivity (Wildman–Crippen MR) is 94.9 cm³/mol. The topological polar surface area (TPSA) is 91.6 Å². The van der Waals surface area contributed by atoms with Crippen molar-refractivity contribution in [3.63, 3.8) is 0 Å². The predicted octanol–water partition coefficient (Wildman–Crippen LogP) is 2.10. The number of aliphatic imine (C=N–C) groups is 1. The Morgan fingerprint density at radius 2 is 2.15 bits per heavy atom. The number of hydrogen-bond donors (Lipinski definition) is 2. The average Bonchev–Trinajstić information content (AvgIpc) is 3.06.